The van der Waals surface area contributed by atoms with Gasteiger partial charge >= 0.3 is 0 Å². The molecule has 0 aliphatic heterocycles. The third-order valence-electron chi connectivity index (χ3n) is 9.33. The van der Waals surface area contributed by atoms with Crippen LogP contribution in [0.2, 0.25) is 0 Å². The van der Waals surface area contributed by atoms with Crippen LogP contribution in [0.4, 0.5) is 0 Å². The van der Waals surface area contributed by atoms with Crippen molar-refractivity contribution in [3.8, 4) is 22.3 Å². The number of aromatic nitrogens is 2. The Labute approximate surface area is 235 Å². The molecule has 8 rings (SSSR count). The molecule has 4 aromatic carbocycles. The quantitative estimate of drug-likeness (QED) is 0.228. The highest BCUT2D eigenvalue weighted by molar-refractivity contribution is 5.97. The summed E-state index contributed by atoms with van der Waals surface area (Å²) in [6.07, 6.45) is 11.4. The summed E-state index contributed by atoms with van der Waals surface area (Å²) in [5.74, 6) is 0.933. The van der Waals surface area contributed by atoms with Crippen molar-refractivity contribution in [1.82, 2.24) is 9.97 Å². The maximum absolute atomic E-state index is 3.45. The van der Waals surface area contributed by atoms with E-state index in [-0.39, 0.29) is 0 Å². The minimum Gasteiger partial charge on any atom is -0.361 e. The van der Waals surface area contributed by atoms with Gasteiger partial charge in [0.15, 0.2) is 0 Å². The van der Waals surface area contributed by atoms with Gasteiger partial charge in [-0.05, 0) is 84.3 Å². The topological polar surface area (TPSA) is 31.6 Å². The lowest BCUT2D eigenvalue weighted by Crippen LogP contribution is -2.04. The Bertz CT molecular complexity index is 1850. The van der Waals surface area contributed by atoms with Gasteiger partial charge in [0.25, 0.3) is 0 Å². The number of H-pyrrole nitrogens is 2. The first kappa shape index (κ1) is 23.3. The first-order valence-corrected chi connectivity index (χ1v) is 14.4. The lowest BCUT2D eigenvalue weighted by molar-refractivity contribution is 0.611. The van der Waals surface area contributed by atoms with E-state index in [0.717, 1.165) is 12.8 Å². The van der Waals surface area contributed by atoms with Crippen LogP contribution in [0.5, 0.6) is 0 Å². The number of allylic oxidation sites excluding steroid dienone is 2. The molecule has 2 aromatic heterocycles. The van der Waals surface area contributed by atoms with Gasteiger partial charge in [0.1, 0.15) is 0 Å². The molecule has 2 heteroatoms. The van der Waals surface area contributed by atoms with Crippen LogP contribution in [-0.4, -0.2) is 9.97 Å². The van der Waals surface area contributed by atoms with Crippen LogP contribution in [0, 0.1) is 0 Å². The zero-order chi connectivity index (χ0) is 26.8. The maximum atomic E-state index is 3.45. The monoisotopic (exact) mass is 516 g/mol. The SMILES string of the molecule is CC1=Cc2ccc(-c3c[nH]c4ccccc34)cc2C1CCC1C(C)=Cc2ccc(-c3c[nH]c4ccccc34)cc21. The summed E-state index contributed by atoms with van der Waals surface area (Å²) in [6.45, 7) is 4.63. The smallest absolute Gasteiger partial charge is 0.0460 e. The molecule has 194 valence electrons. The van der Waals surface area contributed by atoms with Crippen LogP contribution < -0.4 is 0 Å². The Hall–Kier alpha value is -4.56. The normalized spacial score (nSPS) is 17.8. The van der Waals surface area contributed by atoms with Crippen LogP contribution in [0.3, 0.4) is 0 Å². The average molecular weight is 517 g/mol. The highest BCUT2D eigenvalue weighted by Crippen LogP contribution is 2.47. The summed E-state index contributed by atoms with van der Waals surface area (Å²) >= 11 is 0. The second kappa shape index (κ2) is 8.99. The van der Waals surface area contributed by atoms with Crippen LogP contribution >= 0.6 is 0 Å². The number of para-hydroxylation sites is 2. The molecule has 0 saturated carbocycles. The molecule has 0 fully saturated rings. The molecule has 2 unspecified atom stereocenters. The van der Waals surface area contributed by atoms with Crippen molar-refractivity contribution in [3.05, 3.63) is 131 Å². The second-order valence-corrected chi connectivity index (χ2v) is 11.6. The van der Waals surface area contributed by atoms with Crippen molar-refractivity contribution in [2.24, 2.45) is 0 Å². The highest BCUT2D eigenvalue weighted by atomic mass is 14.7. The van der Waals surface area contributed by atoms with E-state index in [1.807, 2.05) is 0 Å². The fourth-order valence-corrected chi connectivity index (χ4v) is 7.25. The van der Waals surface area contributed by atoms with Gasteiger partial charge in [0.05, 0.1) is 0 Å². The van der Waals surface area contributed by atoms with Crippen molar-refractivity contribution in [1.29, 1.82) is 0 Å². The average Bonchev–Trinajstić information content (AvgIpc) is 3.74. The first-order chi connectivity index (χ1) is 19.6. The van der Waals surface area contributed by atoms with Gasteiger partial charge in [0.2, 0.25) is 0 Å². The van der Waals surface area contributed by atoms with Gasteiger partial charge in [-0.2, -0.15) is 0 Å². The Morgan fingerprint density at radius 3 is 1.48 bits per heavy atom. The molecule has 0 saturated heterocycles. The number of benzene rings is 4. The summed E-state index contributed by atoms with van der Waals surface area (Å²) < 4.78 is 0. The molecule has 2 heterocycles. The van der Waals surface area contributed by atoms with Gasteiger partial charge in [0, 0.05) is 57.2 Å². The summed E-state index contributed by atoms with van der Waals surface area (Å²) in [4.78, 5) is 6.91. The van der Waals surface area contributed by atoms with Crippen molar-refractivity contribution in [3.63, 3.8) is 0 Å². The molecule has 0 amide bonds. The van der Waals surface area contributed by atoms with Crippen LogP contribution in [0.15, 0.2) is 108 Å². The Balaban J connectivity index is 1.09. The van der Waals surface area contributed by atoms with Crippen molar-refractivity contribution < 1.29 is 0 Å². The van der Waals surface area contributed by atoms with Crippen molar-refractivity contribution in [2.75, 3.05) is 0 Å². The van der Waals surface area contributed by atoms with Gasteiger partial charge in [-0.3, -0.25) is 0 Å². The molecule has 0 radical (unpaired) electrons. The summed E-state index contributed by atoms with van der Waals surface area (Å²) in [7, 11) is 0. The Morgan fingerprint density at radius 2 is 1.00 bits per heavy atom. The lowest BCUT2D eigenvalue weighted by atomic mass is 9.83. The molecule has 0 bridgehead atoms. The lowest BCUT2D eigenvalue weighted by Gasteiger charge is -2.20. The van der Waals surface area contributed by atoms with E-state index in [0.29, 0.717) is 11.8 Å². The van der Waals surface area contributed by atoms with Gasteiger partial charge < -0.3 is 9.97 Å². The van der Waals surface area contributed by atoms with E-state index in [1.165, 1.54) is 77.5 Å². The van der Waals surface area contributed by atoms with Crippen LogP contribution in [0.25, 0.3) is 56.2 Å². The molecule has 6 aromatic rings. The molecule has 0 spiro atoms. The zero-order valence-electron chi connectivity index (χ0n) is 23.0. The van der Waals surface area contributed by atoms with Gasteiger partial charge in [-0.1, -0.05) is 84.0 Å². The van der Waals surface area contributed by atoms with E-state index in [4.69, 9.17) is 0 Å². The first-order valence-electron chi connectivity index (χ1n) is 14.4. The van der Waals surface area contributed by atoms with Crippen LogP contribution in [0.1, 0.15) is 60.8 Å². The summed E-state index contributed by atoms with van der Waals surface area (Å²) in [6, 6.07) is 31.3. The predicted molar refractivity (Wildman–Crippen MR) is 169 cm³/mol. The van der Waals surface area contributed by atoms with E-state index in [9.17, 15) is 0 Å². The number of rotatable bonds is 5. The van der Waals surface area contributed by atoms with E-state index in [1.54, 1.807) is 0 Å². The molecule has 2 atom stereocenters. The minimum atomic E-state index is 0.466. The van der Waals surface area contributed by atoms with Crippen molar-refractivity contribution >= 4 is 34.0 Å². The summed E-state index contributed by atoms with van der Waals surface area (Å²) in [5.41, 5.74) is 16.3. The van der Waals surface area contributed by atoms with Gasteiger partial charge in [-0.15, -0.1) is 0 Å². The molecule has 40 heavy (non-hydrogen) atoms. The van der Waals surface area contributed by atoms with Gasteiger partial charge in [-0.25, -0.2) is 0 Å². The third kappa shape index (κ3) is 3.63. The molecular formula is C38H32N2. The number of hydrogen-bond acceptors (Lipinski definition) is 0. The van der Waals surface area contributed by atoms with E-state index in [2.05, 4.69) is 133 Å². The number of aromatic amines is 2. The second-order valence-electron chi connectivity index (χ2n) is 11.6. The largest absolute Gasteiger partial charge is 0.361 e. The highest BCUT2D eigenvalue weighted by Gasteiger charge is 2.28. The zero-order valence-corrected chi connectivity index (χ0v) is 23.0. The predicted octanol–water partition coefficient (Wildman–Crippen LogP) is 10.5. The molecular weight excluding hydrogens is 484 g/mol. The number of hydrogen-bond donors (Lipinski definition) is 2. The van der Waals surface area contributed by atoms with E-state index >= 15 is 0 Å². The number of nitrogens with one attached hydrogen (secondary N) is 2. The summed E-state index contributed by atoms with van der Waals surface area (Å²) in [5, 5.41) is 2.58. The molecule has 2 nitrogen and oxygen atoms in total. The Morgan fingerprint density at radius 1 is 0.550 bits per heavy atom. The Kier molecular flexibility index (Phi) is 5.25. The fourth-order valence-electron chi connectivity index (χ4n) is 7.25. The van der Waals surface area contributed by atoms with E-state index < -0.39 is 0 Å². The fraction of sp³-hybridized carbons (Fsp3) is 0.158. The third-order valence-corrected chi connectivity index (χ3v) is 9.33. The number of fused-ring (bicyclic) bond motifs is 4. The minimum absolute atomic E-state index is 0.466. The molecule has 2 N–H and O–H groups in total. The standard InChI is InChI=1S/C38H32N2/c1-23-17-25-11-13-27(35-21-39-37-9-5-3-7-31(35)37)19-33(25)29(23)15-16-30-24(2)18-26-12-14-28(20-34(26)30)36-22-40-38-10-6-4-8-32(36)38/h3-14,17-22,29-30,39-40H,15-16H2,1-2H3. The maximum Gasteiger partial charge on any atom is 0.0460 e. The van der Waals surface area contributed by atoms with Crippen LogP contribution in [-0.2, 0) is 0 Å². The molecule has 2 aliphatic rings. The molecule has 2 aliphatic carbocycles. The van der Waals surface area contributed by atoms with Crippen molar-refractivity contribution in [2.45, 2.75) is 38.5 Å².